The number of carboxylic acid groups (broad SMARTS) is 1. The van der Waals surface area contributed by atoms with Gasteiger partial charge in [0.15, 0.2) is 0 Å². The first-order valence-electron chi connectivity index (χ1n) is 44.2. The third kappa shape index (κ3) is 35.0. The molecule has 0 N–H and O–H groups in total. The predicted molar refractivity (Wildman–Crippen MR) is 583 cm³/mol. The Morgan fingerprint density at radius 3 is 0.919 bits per heavy atom. The quantitative estimate of drug-likeness (QED) is 0.0779. The molecule has 31 heteroatoms. The third-order valence-electron chi connectivity index (χ3n) is 21.8. The van der Waals surface area contributed by atoms with Gasteiger partial charge in [0.2, 0.25) is 0 Å². The molecule has 20 aromatic rings. The summed E-state index contributed by atoms with van der Waals surface area (Å²) < 4.78 is 176. The normalized spacial score (nSPS) is 13.2. The van der Waals surface area contributed by atoms with Crippen LogP contribution in [0.15, 0.2) is 473 Å². The number of aliphatic carboxylic acids is 1. The monoisotopic (exact) mass is 2520 g/mol. The number of rotatable bonds is 10. The standard InChI is InChI=1S/C26H21Se.C25H19Se.C24H17Se.C18H13Se.C13H12Se.C7H8OSe.C2HF3O2.2CH4.2BF3.BrH.ClH.F6P.2FH/c1-19-15-17-21(18-16-19)27-24-13-7-5-11-22(24)26(20-9-3-2-4-10-20)23-12-6-8-14-25(23)27;1-3-11-19(12-4-1)25-21-15-7-9-17-23(21)26(20-13-5-2-6-14-20)24-18-10-8-16-22(24)25;1-2-10-18(11-3-1)19-12-4-7-15-22(19)25-23-16-8-5-13-20(23)21-14-6-9-17-24(21)25;1-2-8-14(9-3-1)19-17-12-6-4-10-15(17)16-11-5-7-13-18(16)19;1-11-7-9-13(10-8-11)14-12-5-3-2-4-6-12;1-8-6-2-4-7(9)5-3-6;3-2(4,5)1(6)7;;;2*2-1(3)4;;;1-7(2,3,4,5)6;;/h2-18,26H,1H3;1-18,25H;1-17H;1-13H;2-10H,1H3;2-5,9H,1H3;(H,6,7);2*1H4;;;2*1H;;2*1H/q4*+1;;;;;;;;;;-1;;/p-3. The van der Waals surface area contributed by atoms with Gasteiger partial charge in [0, 0.05) is 0 Å². The number of carbonyl (C=O) groups is 1. The first kappa shape index (κ1) is 123. The SMILES string of the molecule is C.C.COc1ccc([SeH2+])cc1.Cc1ccc([Se+]2c3ccccc3C(c3ccccc3)c3ccccc32)cc1.Cc1ccc([SeH+]c2ccccc2)cc1.FB(F)F.FB(F)F.F[P-](F)(F)(F)(F)F.O=C([O-])C(F)(F)F.[Br-].[Cl-].[F-].[F-].c1ccc(-[se+]2c3ccccc3c3ccccc32)cc1.c1ccc(-c2ccccc2-[se+]2c3ccccc3c3ccccc32)cc1.c1ccc(C2c3ccccc3[Se+](c3ccccc3)c3ccccc32)cc1. The Labute approximate surface area is 900 Å². The van der Waals surface area contributed by atoms with Crippen molar-refractivity contribution in [2.45, 2.75) is 46.7 Å². The molecule has 0 bridgehead atoms. The van der Waals surface area contributed by atoms with Crippen LogP contribution in [0, 0.1) is 13.8 Å². The van der Waals surface area contributed by atoms with Crippen molar-refractivity contribution in [3.8, 4) is 25.8 Å². The van der Waals surface area contributed by atoms with Crippen LogP contribution in [0.2, 0.25) is 0 Å². The van der Waals surface area contributed by atoms with Gasteiger partial charge in [-0.3, -0.25) is 25.9 Å². The molecule has 0 unspecified atom stereocenters. The number of fused-ring (bicyclic) bond motifs is 10. The number of hydrogen-bond acceptors (Lipinski definition) is 3. The minimum atomic E-state index is -10.7. The maximum atomic E-state index is 10.5. The predicted octanol–water partition coefficient (Wildman–Crippen LogP) is 13.9. The van der Waals surface area contributed by atoms with E-state index in [2.05, 4.69) is 479 Å². The summed E-state index contributed by atoms with van der Waals surface area (Å²) in [4.78, 5) is 8.78. The number of alkyl halides is 3. The molecule has 0 amide bonds. The van der Waals surface area contributed by atoms with Gasteiger partial charge in [-0.1, -0.05) is 14.9 Å². The zero-order chi connectivity index (χ0) is 101. The van der Waals surface area contributed by atoms with E-state index in [4.69, 9.17) is 14.6 Å². The van der Waals surface area contributed by atoms with Gasteiger partial charge in [-0.05, 0) is 0 Å². The first-order chi connectivity index (χ1) is 68.2. The van der Waals surface area contributed by atoms with Gasteiger partial charge < -0.3 is 48.7 Å². The van der Waals surface area contributed by atoms with E-state index in [0.717, 1.165) is 5.75 Å². The molecular formula is C117H100B2BrClF17O3PSe6. The van der Waals surface area contributed by atoms with Gasteiger partial charge in [-0.25, -0.2) is 0 Å². The van der Waals surface area contributed by atoms with E-state index in [0.29, 0.717) is 11.8 Å². The number of hydrogen-bond donors (Lipinski definition) is 0. The molecular weight excluding hydrogens is 2420 g/mol. The van der Waals surface area contributed by atoms with Crippen LogP contribution < -0.4 is 88.8 Å². The second kappa shape index (κ2) is 57.5. The van der Waals surface area contributed by atoms with Crippen LogP contribution in [0.5, 0.6) is 5.75 Å². The fraction of sp³-hybridized carbons (Fsp3) is 0.0684. The topological polar surface area (TPSA) is 49.4 Å². The van der Waals surface area contributed by atoms with Crippen LogP contribution in [0.4, 0.5) is 64.2 Å². The molecule has 3 nitrogen and oxygen atoms in total. The molecule has 0 fully saturated rings. The first-order valence-corrected chi connectivity index (χ1v) is 59.4. The number of methoxy groups -OCH3 is 1. The number of halogens is 19. The summed E-state index contributed by atoms with van der Waals surface area (Å²) in [6, 6.07) is 173. The van der Waals surface area contributed by atoms with Crippen molar-refractivity contribution in [3.63, 3.8) is 0 Å². The number of aryl methyl sites for hydroxylation is 2. The molecule has 2 aromatic heterocycles. The molecule has 18 aromatic carbocycles. The molecule has 148 heavy (non-hydrogen) atoms. The average Bonchev–Trinajstić information content (AvgIpc) is 1.62. The van der Waals surface area contributed by atoms with Crippen LogP contribution in [-0.4, -0.2) is 120 Å². The maximum absolute atomic E-state index is 10.7. The summed E-state index contributed by atoms with van der Waals surface area (Å²) in [5.41, 5.74) is 14.0. The molecule has 0 saturated carbocycles. The molecule has 0 aliphatic carbocycles. The number of carbonyl (C=O) groups excluding carboxylic acids is 1. The van der Waals surface area contributed by atoms with Crippen molar-refractivity contribution in [2.24, 2.45) is 0 Å². The van der Waals surface area contributed by atoms with Crippen LogP contribution >= 0.6 is 7.81 Å². The molecule has 0 radical (unpaired) electrons. The van der Waals surface area contributed by atoms with Crippen molar-refractivity contribution in [2.75, 3.05) is 7.11 Å². The van der Waals surface area contributed by atoms with Gasteiger partial charge in [0.1, 0.15) is 5.97 Å². The Hall–Kier alpha value is -11.5. The molecule has 2 aliphatic heterocycles. The van der Waals surface area contributed by atoms with E-state index < -0.39 is 89.7 Å². The van der Waals surface area contributed by atoms with Crippen molar-refractivity contribution >= 4 is 193 Å². The molecule has 0 saturated heterocycles. The molecule has 4 heterocycles. The fourth-order valence-corrected chi connectivity index (χ4v) is 38.9. The molecule has 2 aliphatic rings. The molecule has 22 rings (SSSR count). The van der Waals surface area contributed by atoms with E-state index in [1.807, 2.05) is 24.3 Å². The Bertz CT molecular complexity index is 7180. The molecule has 766 valence electrons. The zero-order valence-electron chi connectivity index (χ0n) is 77.8. The van der Waals surface area contributed by atoms with Crippen molar-refractivity contribution in [3.05, 3.63) is 518 Å². The third-order valence-corrected chi connectivity index (χ3v) is 44.7. The number of ether oxygens (including phenoxy) is 1. The summed E-state index contributed by atoms with van der Waals surface area (Å²) in [6.45, 7) is 4.29. The van der Waals surface area contributed by atoms with Gasteiger partial charge in [0.25, 0.3) is 0 Å². The van der Waals surface area contributed by atoms with Crippen molar-refractivity contribution in [1.29, 1.82) is 0 Å². The van der Waals surface area contributed by atoms with Crippen LogP contribution in [0.1, 0.15) is 71.2 Å². The van der Waals surface area contributed by atoms with Gasteiger partial charge in [0.05, 0.1) is 0 Å². The molecule has 0 spiro atoms. The summed E-state index contributed by atoms with van der Waals surface area (Å²) >= 11 is -2.68. The summed E-state index contributed by atoms with van der Waals surface area (Å²) in [6.07, 6.45) is -5.19. The Balaban J connectivity index is 0.000000233. The number of benzene rings is 18. The van der Waals surface area contributed by atoms with Crippen molar-refractivity contribution < 1.29 is 118 Å². The molecule has 0 atom stereocenters. The van der Waals surface area contributed by atoms with Gasteiger partial charge in [-0.15, -0.1) is 0 Å². The number of carboxylic acids is 1. The Morgan fingerprint density at radius 2 is 0.588 bits per heavy atom. The van der Waals surface area contributed by atoms with Crippen LogP contribution in [0.25, 0.3) is 58.6 Å². The summed E-state index contributed by atoms with van der Waals surface area (Å²) in [5.74, 6) is -1.44. The second-order valence-corrected chi connectivity index (χ2v) is 53.8. The van der Waals surface area contributed by atoms with Gasteiger partial charge in [-0.2, -0.15) is 13.2 Å². The minimum absolute atomic E-state index is 0. The van der Waals surface area contributed by atoms with E-state index in [1.165, 1.54) is 117 Å². The van der Waals surface area contributed by atoms with Crippen molar-refractivity contribution in [1.82, 2.24) is 0 Å². The fourth-order valence-electron chi connectivity index (χ4n) is 16.1. The second-order valence-electron chi connectivity index (χ2n) is 31.6. The summed E-state index contributed by atoms with van der Waals surface area (Å²) in [7, 11) is -16.3. The Morgan fingerprint density at radius 1 is 0.338 bits per heavy atom. The summed E-state index contributed by atoms with van der Waals surface area (Å²) in [5, 5.41) is 14.5. The van der Waals surface area contributed by atoms with Crippen LogP contribution in [0.3, 0.4) is 0 Å². The van der Waals surface area contributed by atoms with E-state index >= 15 is 0 Å². The van der Waals surface area contributed by atoms with E-state index in [9.17, 15) is 64.2 Å². The van der Waals surface area contributed by atoms with E-state index in [1.54, 1.807) is 33.5 Å². The van der Waals surface area contributed by atoms with E-state index in [-0.39, 0.29) is 68.6 Å². The van der Waals surface area contributed by atoms with Crippen LogP contribution in [-0.2, 0) is 4.79 Å². The zero-order valence-corrected chi connectivity index (χ0v) is 91.8. The van der Waals surface area contributed by atoms with Gasteiger partial charge >= 0.3 is 800 Å². The Kier molecular flexibility index (Phi) is 47.9. The average molecular weight is 2520 g/mol.